The van der Waals surface area contributed by atoms with Gasteiger partial charge in [0.2, 0.25) is 0 Å². The molecule has 1 atom stereocenters. The SMILES string of the molecule is COC(=O)CC1N=C(c2ccc(-c3ccc(C(=O)O)cc3)cc2)c2c(sc(C)c2C)-n2c(C)nnc21. The molecule has 0 saturated heterocycles. The van der Waals surface area contributed by atoms with Crippen LogP contribution in [0.25, 0.3) is 16.1 Å². The maximum absolute atomic E-state index is 12.3. The third-order valence-electron chi connectivity index (χ3n) is 6.45. The minimum absolute atomic E-state index is 0.0547. The molecular formula is C27H24N4O4S. The summed E-state index contributed by atoms with van der Waals surface area (Å²) >= 11 is 1.66. The highest BCUT2D eigenvalue weighted by Gasteiger charge is 2.32. The Labute approximate surface area is 211 Å². The van der Waals surface area contributed by atoms with Gasteiger partial charge in [0, 0.05) is 16.0 Å². The molecule has 1 unspecified atom stereocenters. The molecule has 0 spiro atoms. The topological polar surface area (TPSA) is 107 Å². The van der Waals surface area contributed by atoms with Gasteiger partial charge in [-0.25, -0.2) is 4.79 Å². The molecule has 2 aromatic heterocycles. The van der Waals surface area contributed by atoms with E-state index in [0.717, 1.165) is 44.4 Å². The zero-order valence-electron chi connectivity index (χ0n) is 20.3. The van der Waals surface area contributed by atoms with Crippen molar-refractivity contribution in [1.29, 1.82) is 0 Å². The van der Waals surface area contributed by atoms with Gasteiger partial charge in [0.1, 0.15) is 16.9 Å². The summed E-state index contributed by atoms with van der Waals surface area (Å²) in [4.78, 5) is 29.7. The standard InChI is InChI=1S/C27H24N4O4S/c1-14-15(2)36-26-23(14)24(28-21(13-22(32)35-4)25-30-29-16(3)31(25)26)19-9-5-17(6-10-19)18-7-11-20(12-8-18)27(33)34/h5-12,21H,13H2,1-4H3,(H,33,34). The second-order valence-corrected chi connectivity index (χ2v) is 9.84. The first-order valence-corrected chi connectivity index (χ1v) is 12.2. The van der Waals surface area contributed by atoms with E-state index in [4.69, 9.17) is 14.8 Å². The third-order valence-corrected chi connectivity index (χ3v) is 7.64. The van der Waals surface area contributed by atoms with E-state index in [2.05, 4.69) is 24.0 Å². The van der Waals surface area contributed by atoms with Gasteiger partial charge in [-0.2, -0.15) is 0 Å². The number of benzene rings is 2. The zero-order valence-corrected chi connectivity index (χ0v) is 21.1. The van der Waals surface area contributed by atoms with E-state index in [1.165, 1.54) is 12.0 Å². The molecular weight excluding hydrogens is 476 g/mol. The molecule has 4 aromatic rings. The molecule has 3 heterocycles. The van der Waals surface area contributed by atoms with Crippen LogP contribution in [0.5, 0.6) is 0 Å². The van der Waals surface area contributed by atoms with Crippen molar-refractivity contribution >= 4 is 29.0 Å². The lowest BCUT2D eigenvalue weighted by Crippen LogP contribution is -2.12. The third kappa shape index (κ3) is 4.01. The molecule has 2 aromatic carbocycles. The van der Waals surface area contributed by atoms with Gasteiger partial charge in [-0.1, -0.05) is 36.4 Å². The van der Waals surface area contributed by atoms with Crippen LogP contribution in [0.2, 0.25) is 0 Å². The Morgan fingerprint density at radius 3 is 2.19 bits per heavy atom. The number of esters is 1. The molecule has 5 rings (SSSR count). The smallest absolute Gasteiger partial charge is 0.335 e. The number of aliphatic imine (C=N–C) groups is 1. The summed E-state index contributed by atoms with van der Waals surface area (Å²) in [5.41, 5.74) is 5.96. The monoisotopic (exact) mass is 500 g/mol. The average molecular weight is 501 g/mol. The lowest BCUT2D eigenvalue weighted by molar-refractivity contribution is -0.141. The van der Waals surface area contributed by atoms with Crippen LogP contribution in [0.15, 0.2) is 53.5 Å². The minimum Gasteiger partial charge on any atom is -0.478 e. The van der Waals surface area contributed by atoms with Crippen LogP contribution in [-0.2, 0) is 9.53 Å². The van der Waals surface area contributed by atoms with Crippen LogP contribution in [-0.4, -0.2) is 44.6 Å². The zero-order chi connectivity index (χ0) is 25.6. The molecule has 1 aliphatic rings. The van der Waals surface area contributed by atoms with E-state index in [-0.39, 0.29) is 18.0 Å². The quantitative estimate of drug-likeness (QED) is 0.383. The number of carbonyl (C=O) groups excluding carboxylic acids is 1. The van der Waals surface area contributed by atoms with Gasteiger partial charge in [-0.15, -0.1) is 21.5 Å². The van der Waals surface area contributed by atoms with E-state index in [1.807, 2.05) is 35.8 Å². The second kappa shape index (κ2) is 9.16. The summed E-state index contributed by atoms with van der Waals surface area (Å²) in [5, 5.41) is 18.8. The number of rotatable bonds is 5. The number of aromatic carboxylic acids is 1. The van der Waals surface area contributed by atoms with E-state index >= 15 is 0 Å². The van der Waals surface area contributed by atoms with Crippen LogP contribution in [0.3, 0.4) is 0 Å². The first-order valence-electron chi connectivity index (χ1n) is 11.4. The Morgan fingerprint density at radius 1 is 0.972 bits per heavy atom. The van der Waals surface area contributed by atoms with Gasteiger partial charge in [0.15, 0.2) is 5.82 Å². The fourth-order valence-electron chi connectivity index (χ4n) is 4.39. The Kier molecular flexibility index (Phi) is 6.01. The molecule has 9 heteroatoms. The van der Waals surface area contributed by atoms with Crippen molar-refractivity contribution in [3.63, 3.8) is 0 Å². The molecule has 182 valence electrons. The lowest BCUT2D eigenvalue weighted by Gasteiger charge is -2.12. The predicted octanol–water partition coefficient (Wildman–Crippen LogP) is 5.07. The Bertz CT molecular complexity index is 1510. The molecule has 0 fully saturated rings. The number of fused-ring (bicyclic) bond motifs is 3. The van der Waals surface area contributed by atoms with Crippen LogP contribution in [0.1, 0.15) is 56.0 Å². The van der Waals surface area contributed by atoms with Gasteiger partial charge >= 0.3 is 11.9 Å². The van der Waals surface area contributed by atoms with Gasteiger partial charge in [-0.05, 0) is 49.6 Å². The van der Waals surface area contributed by atoms with Crippen LogP contribution in [0.4, 0.5) is 0 Å². The van der Waals surface area contributed by atoms with Gasteiger partial charge in [-0.3, -0.25) is 14.4 Å². The van der Waals surface area contributed by atoms with Crippen LogP contribution in [0, 0.1) is 20.8 Å². The fourth-order valence-corrected chi connectivity index (χ4v) is 5.61. The van der Waals surface area contributed by atoms with E-state index < -0.39 is 12.0 Å². The molecule has 36 heavy (non-hydrogen) atoms. The summed E-state index contributed by atoms with van der Waals surface area (Å²) in [6.07, 6.45) is 0.0547. The molecule has 1 aliphatic heterocycles. The number of nitrogens with zero attached hydrogens (tertiary/aromatic N) is 4. The summed E-state index contributed by atoms with van der Waals surface area (Å²) in [7, 11) is 1.37. The van der Waals surface area contributed by atoms with Crippen molar-refractivity contribution in [3.05, 3.63) is 87.3 Å². The molecule has 0 bridgehead atoms. The first kappa shape index (κ1) is 23.6. The van der Waals surface area contributed by atoms with Crippen molar-refractivity contribution in [2.75, 3.05) is 7.11 Å². The lowest BCUT2D eigenvalue weighted by atomic mass is 9.96. The number of aryl methyl sites for hydroxylation is 2. The number of carbonyl (C=O) groups is 2. The molecule has 1 N–H and O–H groups in total. The fraction of sp³-hybridized carbons (Fsp3) is 0.222. The maximum Gasteiger partial charge on any atom is 0.335 e. The van der Waals surface area contributed by atoms with Crippen molar-refractivity contribution in [2.45, 2.75) is 33.2 Å². The van der Waals surface area contributed by atoms with Crippen molar-refractivity contribution in [1.82, 2.24) is 14.8 Å². The highest BCUT2D eigenvalue weighted by Crippen LogP contribution is 2.39. The van der Waals surface area contributed by atoms with Gasteiger partial charge < -0.3 is 9.84 Å². The molecule has 8 nitrogen and oxygen atoms in total. The van der Waals surface area contributed by atoms with Gasteiger partial charge in [0.25, 0.3) is 0 Å². The highest BCUT2D eigenvalue weighted by atomic mass is 32.1. The van der Waals surface area contributed by atoms with E-state index in [9.17, 15) is 9.59 Å². The van der Waals surface area contributed by atoms with Crippen molar-refractivity contribution in [2.24, 2.45) is 4.99 Å². The summed E-state index contributed by atoms with van der Waals surface area (Å²) in [5.74, 6) is 0.0329. The van der Waals surface area contributed by atoms with Crippen LogP contribution < -0.4 is 0 Å². The Balaban J connectivity index is 1.63. The Hall–Kier alpha value is -4.11. The molecule has 0 saturated carbocycles. The largest absolute Gasteiger partial charge is 0.478 e. The predicted molar refractivity (Wildman–Crippen MR) is 137 cm³/mol. The number of thiophene rings is 1. The summed E-state index contributed by atoms with van der Waals surface area (Å²) in [6.45, 7) is 6.06. The maximum atomic E-state index is 12.3. The van der Waals surface area contributed by atoms with Gasteiger partial charge in [0.05, 0.1) is 24.8 Å². The number of carboxylic acid groups (broad SMARTS) is 1. The Morgan fingerprint density at radius 2 is 1.58 bits per heavy atom. The van der Waals surface area contributed by atoms with Crippen molar-refractivity contribution < 1.29 is 19.4 Å². The number of aromatic nitrogens is 3. The normalized spacial score (nSPS) is 14.4. The number of hydrogen-bond acceptors (Lipinski definition) is 7. The number of hydrogen-bond donors (Lipinski definition) is 1. The molecule has 0 amide bonds. The van der Waals surface area contributed by atoms with E-state index in [0.29, 0.717) is 5.82 Å². The number of carboxylic acids is 1. The van der Waals surface area contributed by atoms with Crippen molar-refractivity contribution in [3.8, 4) is 16.1 Å². The summed E-state index contributed by atoms with van der Waals surface area (Å²) < 4.78 is 6.95. The second-order valence-electron chi connectivity index (χ2n) is 8.64. The first-order chi connectivity index (χ1) is 17.3. The number of methoxy groups -OCH3 is 1. The average Bonchev–Trinajstić information content (AvgIpc) is 3.36. The minimum atomic E-state index is -0.951. The molecule has 0 radical (unpaired) electrons. The molecule has 0 aliphatic carbocycles. The van der Waals surface area contributed by atoms with Crippen LogP contribution >= 0.6 is 11.3 Å². The van der Waals surface area contributed by atoms with E-state index in [1.54, 1.807) is 35.6 Å². The number of ether oxygens (including phenoxy) is 1. The summed E-state index contributed by atoms with van der Waals surface area (Å²) in [6, 6.07) is 14.2. The highest BCUT2D eigenvalue weighted by molar-refractivity contribution is 7.15.